The van der Waals surface area contributed by atoms with Gasteiger partial charge in [-0.05, 0) is 61.0 Å². The van der Waals surface area contributed by atoms with Gasteiger partial charge in [-0.15, -0.1) is 0 Å². The molecular formula is C21H20ClN3O3. The highest BCUT2D eigenvalue weighted by molar-refractivity contribution is 6.30. The van der Waals surface area contributed by atoms with Crippen LogP contribution in [0.2, 0.25) is 5.02 Å². The van der Waals surface area contributed by atoms with Crippen molar-refractivity contribution in [3.63, 3.8) is 0 Å². The number of benzene rings is 2. The Morgan fingerprint density at radius 2 is 1.57 bits per heavy atom. The van der Waals surface area contributed by atoms with E-state index in [4.69, 9.17) is 16.0 Å². The first kappa shape index (κ1) is 19.5. The number of carbonyl (C=O) groups is 2. The molecule has 2 N–H and O–H groups in total. The largest absolute Gasteiger partial charge is 0.459 e. The van der Waals surface area contributed by atoms with E-state index < -0.39 is 0 Å². The molecule has 0 saturated heterocycles. The van der Waals surface area contributed by atoms with Gasteiger partial charge in [0.25, 0.3) is 5.91 Å². The number of nitrogens with one attached hydrogen (secondary N) is 2. The van der Waals surface area contributed by atoms with Gasteiger partial charge in [0.1, 0.15) is 0 Å². The number of hydrogen-bond donors (Lipinski definition) is 2. The summed E-state index contributed by atoms with van der Waals surface area (Å²) in [5.74, 6) is -0.103. The Balaban J connectivity index is 1.59. The second kappa shape index (κ2) is 8.63. The fourth-order valence-corrected chi connectivity index (χ4v) is 2.72. The summed E-state index contributed by atoms with van der Waals surface area (Å²) >= 11 is 5.91. The lowest BCUT2D eigenvalue weighted by molar-refractivity contribution is 0.0996. The van der Waals surface area contributed by atoms with E-state index in [2.05, 4.69) is 10.6 Å². The minimum Gasteiger partial charge on any atom is -0.459 e. The zero-order valence-electron chi connectivity index (χ0n) is 15.5. The van der Waals surface area contributed by atoms with Crippen molar-refractivity contribution in [1.29, 1.82) is 0 Å². The van der Waals surface area contributed by atoms with Crippen molar-refractivity contribution < 1.29 is 14.0 Å². The predicted octanol–water partition coefficient (Wildman–Crippen LogP) is 5.41. The van der Waals surface area contributed by atoms with Crippen molar-refractivity contribution in [2.24, 2.45) is 0 Å². The van der Waals surface area contributed by atoms with Gasteiger partial charge in [-0.2, -0.15) is 0 Å². The number of carbonyl (C=O) groups excluding carboxylic acids is 2. The Morgan fingerprint density at radius 1 is 0.964 bits per heavy atom. The molecule has 3 amide bonds. The molecule has 7 heteroatoms. The summed E-state index contributed by atoms with van der Waals surface area (Å²) in [7, 11) is 1.73. The number of nitrogens with zero attached hydrogens (tertiary/aromatic N) is 1. The van der Waals surface area contributed by atoms with Gasteiger partial charge >= 0.3 is 6.03 Å². The molecule has 28 heavy (non-hydrogen) atoms. The topological polar surface area (TPSA) is 74.6 Å². The molecule has 0 aliphatic carbocycles. The van der Waals surface area contributed by atoms with E-state index in [-0.39, 0.29) is 23.7 Å². The van der Waals surface area contributed by atoms with Crippen molar-refractivity contribution in [3.8, 4) is 0 Å². The molecule has 0 aliphatic heterocycles. The summed E-state index contributed by atoms with van der Waals surface area (Å²) in [6.07, 6.45) is 1.44. The molecule has 3 aromatic rings. The number of urea groups is 1. The minimum atomic E-state index is -0.335. The number of amides is 3. The van der Waals surface area contributed by atoms with Crippen LogP contribution in [0.1, 0.15) is 29.1 Å². The van der Waals surface area contributed by atoms with Gasteiger partial charge in [0.05, 0.1) is 12.3 Å². The first-order valence-electron chi connectivity index (χ1n) is 8.68. The summed E-state index contributed by atoms with van der Waals surface area (Å²) in [6, 6.07) is 17.1. The number of hydrogen-bond acceptors (Lipinski definition) is 3. The maximum atomic E-state index is 12.5. The number of anilines is 2. The standard InChI is InChI=1S/C21H20ClN3O3/c1-14(15-5-7-16(22)8-6-15)25(2)21(27)24-18-11-9-17(10-12-18)23-20(26)19-4-3-13-28-19/h3-14H,1-2H3,(H,23,26)(H,24,27)/t14-/m0/s1. The quantitative estimate of drug-likeness (QED) is 0.604. The molecule has 0 saturated carbocycles. The minimum absolute atomic E-state index is 0.121. The predicted molar refractivity (Wildman–Crippen MR) is 110 cm³/mol. The second-order valence-electron chi connectivity index (χ2n) is 6.28. The van der Waals surface area contributed by atoms with E-state index in [9.17, 15) is 9.59 Å². The van der Waals surface area contributed by atoms with E-state index in [1.807, 2.05) is 19.1 Å². The molecular weight excluding hydrogens is 378 g/mol. The molecule has 0 aliphatic rings. The normalized spacial score (nSPS) is 11.5. The van der Waals surface area contributed by atoms with Crippen molar-refractivity contribution >= 4 is 34.9 Å². The molecule has 1 heterocycles. The SMILES string of the molecule is C[C@@H](c1ccc(Cl)cc1)N(C)C(=O)Nc1ccc(NC(=O)c2ccco2)cc1. The fourth-order valence-electron chi connectivity index (χ4n) is 2.59. The van der Waals surface area contributed by atoms with Gasteiger partial charge < -0.3 is 20.0 Å². The first-order valence-corrected chi connectivity index (χ1v) is 9.06. The molecule has 0 radical (unpaired) electrons. The number of rotatable bonds is 5. The van der Waals surface area contributed by atoms with E-state index in [1.54, 1.807) is 60.5 Å². The van der Waals surface area contributed by atoms with Gasteiger partial charge in [-0.25, -0.2) is 4.79 Å². The Hall–Kier alpha value is -3.25. The average Bonchev–Trinajstić information content (AvgIpc) is 3.24. The molecule has 1 atom stereocenters. The Morgan fingerprint density at radius 3 is 2.14 bits per heavy atom. The molecule has 0 spiro atoms. The van der Waals surface area contributed by atoms with E-state index in [0.29, 0.717) is 16.4 Å². The van der Waals surface area contributed by atoms with Crippen LogP contribution in [0, 0.1) is 0 Å². The third-order valence-corrected chi connectivity index (χ3v) is 4.64. The molecule has 6 nitrogen and oxygen atoms in total. The smallest absolute Gasteiger partial charge is 0.322 e. The molecule has 0 bridgehead atoms. The van der Waals surface area contributed by atoms with Crippen molar-refractivity contribution in [3.05, 3.63) is 83.3 Å². The average molecular weight is 398 g/mol. The van der Waals surface area contributed by atoms with Crippen LogP contribution in [-0.4, -0.2) is 23.9 Å². The monoisotopic (exact) mass is 397 g/mol. The van der Waals surface area contributed by atoms with Gasteiger partial charge in [0.15, 0.2) is 5.76 Å². The highest BCUT2D eigenvalue weighted by atomic mass is 35.5. The van der Waals surface area contributed by atoms with Crippen LogP contribution in [0.4, 0.5) is 16.2 Å². The lowest BCUT2D eigenvalue weighted by atomic mass is 10.1. The summed E-state index contributed by atoms with van der Waals surface area (Å²) in [5, 5.41) is 6.22. The highest BCUT2D eigenvalue weighted by Crippen LogP contribution is 2.22. The molecule has 0 fully saturated rings. The molecule has 1 aromatic heterocycles. The van der Waals surface area contributed by atoms with Crippen LogP contribution in [0.25, 0.3) is 0 Å². The van der Waals surface area contributed by atoms with Crippen LogP contribution >= 0.6 is 11.6 Å². The van der Waals surface area contributed by atoms with E-state index >= 15 is 0 Å². The van der Waals surface area contributed by atoms with Crippen molar-refractivity contribution in [2.75, 3.05) is 17.7 Å². The molecule has 144 valence electrons. The van der Waals surface area contributed by atoms with Crippen molar-refractivity contribution in [2.45, 2.75) is 13.0 Å². The zero-order valence-corrected chi connectivity index (χ0v) is 16.2. The van der Waals surface area contributed by atoms with Gasteiger partial charge in [-0.1, -0.05) is 23.7 Å². The van der Waals surface area contributed by atoms with Crippen LogP contribution in [-0.2, 0) is 0 Å². The third kappa shape index (κ3) is 4.72. The van der Waals surface area contributed by atoms with Gasteiger partial charge in [0.2, 0.25) is 0 Å². The number of halogens is 1. The third-order valence-electron chi connectivity index (χ3n) is 4.39. The Kier molecular flexibility index (Phi) is 6.01. The maximum Gasteiger partial charge on any atom is 0.322 e. The van der Waals surface area contributed by atoms with Crippen LogP contribution < -0.4 is 10.6 Å². The van der Waals surface area contributed by atoms with E-state index in [1.165, 1.54) is 6.26 Å². The molecule has 0 unspecified atom stereocenters. The second-order valence-corrected chi connectivity index (χ2v) is 6.71. The Bertz CT molecular complexity index is 938. The van der Waals surface area contributed by atoms with E-state index in [0.717, 1.165) is 5.56 Å². The van der Waals surface area contributed by atoms with Crippen molar-refractivity contribution in [1.82, 2.24) is 4.90 Å². The summed E-state index contributed by atoms with van der Waals surface area (Å²) < 4.78 is 5.05. The Labute approximate surface area is 168 Å². The summed E-state index contributed by atoms with van der Waals surface area (Å²) in [4.78, 5) is 26.1. The van der Waals surface area contributed by atoms with Gasteiger partial charge in [0, 0.05) is 23.4 Å². The lowest BCUT2D eigenvalue weighted by Gasteiger charge is -2.25. The fraction of sp³-hybridized carbons (Fsp3) is 0.143. The first-order chi connectivity index (χ1) is 13.4. The molecule has 3 rings (SSSR count). The highest BCUT2D eigenvalue weighted by Gasteiger charge is 2.17. The zero-order chi connectivity index (χ0) is 20.1. The van der Waals surface area contributed by atoms with Crippen LogP contribution in [0.3, 0.4) is 0 Å². The summed E-state index contributed by atoms with van der Waals surface area (Å²) in [5.41, 5.74) is 2.21. The number of furan rings is 1. The van der Waals surface area contributed by atoms with Crippen LogP contribution in [0.15, 0.2) is 71.3 Å². The van der Waals surface area contributed by atoms with Crippen LogP contribution in [0.5, 0.6) is 0 Å². The lowest BCUT2D eigenvalue weighted by Crippen LogP contribution is -2.33. The summed E-state index contributed by atoms with van der Waals surface area (Å²) in [6.45, 7) is 1.94. The van der Waals surface area contributed by atoms with Gasteiger partial charge in [-0.3, -0.25) is 4.79 Å². The maximum absolute atomic E-state index is 12.5. The molecule has 2 aromatic carbocycles.